The van der Waals surface area contributed by atoms with E-state index in [1.54, 1.807) is 32.4 Å². The van der Waals surface area contributed by atoms with Gasteiger partial charge in [0.25, 0.3) is 11.6 Å². The predicted molar refractivity (Wildman–Crippen MR) is 98.6 cm³/mol. The van der Waals surface area contributed by atoms with Crippen molar-refractivity contribution in [3.8, 4) is 0 Å². The lowest BCUT2D eigenvalue weighted by Crippen LogP contribution is -2.14. The van der Waals surface area contributed by atoms with Crippen molar-refractivity contribution >= 4 is 23.0 Å². The van der Waals surface area contributed by atoms with E-state index in [2.05, 4.69) is 10.6 Å². The minimum Gasteiger partial charge on any atom is -0.383 e. The van der Waals surface area contributed by atoms with Crippen LogP contribution in [0.4, 0.5) is 17.1 Å². The number of carbonyl (C=O) groups is 1. The minimum absolute atomic E-state index is 0.165. The zero-order valence-electron chi connectivity index (χ0n) is 14.7. The lowest BCUT2D eigenvalue weighted by Gasteiger charge is -2.10. The molecule has 8 heteroatoms. The van der Waals surface area contributed by atoms with Crippen LogP contribution in [-0.2, 0) is 16.1 Å². The molecule has 0 fully saturated rings. The highest BCUT2D eigenvalue weighted by molar-refractivity contribution is 6.05. The van der Waals surface area contributed by atoms with Crippen LogP contribution in [0.5, 0.6) is 0 Å². The number of rotatable bonds is 9. The number of carbonyl (C=O) groups excluding carboxylic acids is 1. The van der Waals surface area contributed by atoms with Crippen LogP contribution in [0.2, 0.25) is 0 Å². The first-order valence-electron chi connectivity index (χ1n) is 7.95. The van der Waals surface area contributed by atoms with Crippen LogP contribution in [0.1, 0.15) is 15.9 Å². The fourth-order valence-corrected chi connectivity index (χ4v) is 2.37. The molecule has 0 aliphatic carbocycles. The molecule has 0 aromatic heterocycles. The number of hydrogen-bond acceptors (Lipinski definition) is 6. The fourth-order valence-electron chi connectivity index (χ4n) is 2.37. The number of methoxy groups -OCH3 is 2. The summed E-state index contributed by atoms with van der Waals surface area (Å²) in [6, 6.07) is 11.5. The van der Waals surface area contributed by atoms with Crippen LogP contribution >= 0.6 is 0 Å². The van der Waals surface area contributed by atoms with Gasteiger partial charge in [0.15, 0.2) is 0 Å². The van der Waals surface area contributed by atoms with Gasteiger partial charge in [0, 0.05) is 38.1 Å². The molecule has 0 unspecified atom stereocenters. The summed E-state index contributed by atoms with van der Waals surface area (Å²) in [5, 5.41) is 17.0. The highest BCUT2D eigenvalue weighted by Gasteiger charge is 2.17. The van der Waals surface area contributed by atoms with Crippen molar-refractivity contribution in [3.63, 3.8) is 0 Å². The second-order valence-corrected chi connectivity index (χ2v) is 5.50. The lowest BCUT2D eigenvalue weighted by molar-refractivity contribution is -0.384. The maximum absolute atomic E-state index is 12.4. The number of nitrogens with one attached hydrogen (secondary N) is 2. The Labute approximate surface area is 151 Å². The van der Waals surface area contributed by atoms with Crippen LogP contribution in [0, 0.1) is 10.1 Å². The Hall–Kier alpha value is -2.97. The second-order valence-electron chi connectivity index (χ2n) is 5.50. The van der Waals surface area contributed by atoms with E-state index in [0.717, 1.165) is 5.56 Å². The molecule has 2 rings (SSSR count). The quantitative estimate of drug-likeness (QED) is 0.405. The van der Waals surface area contributed by atoms with Gasteiger partial charge in [0.1, 0.15) is 5.69 Å². The molecule has 0 atom stereocenters. The molecule has 2 aromatic carbocycles. The van der Waals surface area contributed by atoms with Gasteiger partial charge in [-0.2, -0.15) is 0 Å². The monoisotopic (exact) mass is 359 g/mol. The molecule has 1 amide bonds. The first kappa shape index (κ1) is 19.4. The Kier molecular flexibility index (Phi) is 7.07. The largest absolute Gasteiger partial charge is 0.383 e. The van der Waals surface area contributed by atoms with Gasteiger partial charge in [-0.25, -0.2) is 0 Å². The van der Waals surface area contributed by atoms with Gasteiger partial charge >= 0.3 is 0 Å². The first-order valence-corrected chi connectivity index (χ1v) is 7.95. The summed E-state index contributed by atoms with van der Waals surface area (Å²) in [5.41, 5.74) is 1.88. The average Bonchev–Trinajstić information content (AvgIpc) is 2.62. The minimum atomic E-state index is -0.523. The number of amides is 1. The molecule has 2 aromatic rings. The van der Waals surface area contributed by atoms with Gasteiger partial charge in [-0.3, -0.25) is 14.9 Å². The molecule has 0 saturated heterocycles. The molecule has 0 saturated carbocycles. The predicted octanol–water partition coefficient (Wildman–Crippen LogP) is 3.05. The molecule has 8 nitrogen and oxygen atoms in total. The summed E-state index contributed by atoms with van der Waals surface area (Å²) in [4.78, 5) is 23.2. The van der Waals surface area contributed by atoms with Crippen molar-refractivity contribution in [1.29, 1.82) is 0 Å². The van der Waals surface area contributed by atoms with Gasteiger partial charge in [-0.05, 0) is 29.8 Å². The van der Waals surface area contributed by atoms with E-state index >= 15 is 0 Å². The number of ether oxygens (including phenoxy) is 2. The zero-order chi connectivity index (χ0) is 18.9. The van der Waals surface area contributed by atoms with Gasteiger partial charge in [0.05, 0.1) is 18.1 Å². The number of nitro groups is 1. The van der Waals surface area contributed by atoms with Gasteiger partial charge in [-0.1, -0.05) is 12.1 Å². The van der Waals surface area contributed by atoms with Gasteiger partial charge in [-0.15, -0.1) is 0 Å². The highest BCUT2D eigenvalue weighted by Crippen LogP contribution is 2.26. The smallest absolute Gasteiger partial charge is 0.293 e. The Balaban J connectivity index is 2.16. The number of nitro benzene ring substituents is 1. The number of hydrogen-bond donors (Lipinski definition) is 2. The molecular formula is C18H21N3O5. The SMILES string of the molecule is COCCNc1ccc(C(=O)Nc2cccc(COC)c2)cc1[N+](=O)[O-]. The van der Waals surface area contributed by atoms with E-state index in [1.807, 2.05) is 6.07 Å². The molecule has 138 valence electrons. The molecule has 0 radical (unpaired) electrons. The van der Waals surface area contributed by atoms with Crippen LogP contribution in [0.25, 0.3) is 0 Å². The van der Waals surface area contributed by atoms with Crippen LogP contribution in [-0.4, -0.2) is 38.2 Å². The maximum Gasteiger partial charge on any atom is 0.293 e. The van der Waals surface area contributed by atoms with Gasteiger partial charge in [0.2, 0.25) is 0 Å². The first-order chi connectivity index (χ1) is 12.5. The Bertz CT molecular complexity index is 779. The van der Waals surface area contributed by atoms with Crippen molar-refractivity contribution in [2.24, 2.45) is 0 Å². The van der Waals surface area contributed by atoms with E-state index < -0.39 is 10.8 Å². The fraction of sp³-hybridized carbons (Fsp3) is 0.278. The van der Waals surface area contributed by atoms with Crippen molar-refractivity contribution in [1.82, 2.24) is 0 Å². The molecule has 2 N–H and O–H groups in total. The van der Waals surface area contributed by atoms with E-state index in [4.69, 9.17) is 9.47 Å². The number of benzene rings is 2. The van der Waals surface area contributed by atoms with Gasteiger partial charge < -0.3 is 20.1 Å². The third-order valence-corrected chi connectivity index (χ3v) is 3.57. The van der Waals surface area contributed by atoms with Crippen LogP contribution in [0.15, 0.2) is 42.5 Å². The normalized spacial score (nSPS) is 10.4. The van der Waals surface area contributed by atoms with Crippen LogP contribution in [0.3, 0.4) is 0 Å². The molecular weight excluding hydrogens is 338 g/mol. The third kappa shape index (κ3) is 5.27. The molecule has 0 heterocycles. The average molecular weight is 359 g/mol. The summed E-state index contributed by atoms with van der Waals surface area (Å²) in [5.74, 6) is -0.425. The lowest BCUT2D eigenvalue weighted by atomic mass is 10.1. The highest BCUT2D eigenvalue weighted by atomic mass is 16.6. The molecule has 0 aliphatic rings. The van der Waals surface area contributed by atoms with E-state index in [9.17, 15) is 14.9 Å². The summed E-state index contributed by atoms with van der Waals surface area (Å²) in [6.07, 6.45) is 0. The summed E-state index contributed by atoms with van der Waals surface area (Å²) in [7, 11) is 3.14. The Morgan fingerprint density at radius 1 is 1.15 bits per heavy atom. The van der Waals surface area contributed by atoms with Crippen molar-refractivity contribution < 1.29 is 19.2 Å². The topological polar surface area (TPSA) is 103 Å². The van der Waals surface area contributed by atoms with E-state index in [1.165, 1.54) is 18.2 Å². The number of anilines is 2. The summed E-state index contributed by atoms with van der Waals surface area (Å²) < 4.78 is 9.98. The van der Waals surface area contributed by atoms with E-state index in [-0.39, 0.29) is 11.3 Å². The second kappa shape index (κ2) is 9.50. The Morgan fingerprint density at radius 2 is 1.96 bits per heavy atom. The standard InChI is InChI=1S/C18H21N3O5/c1-25-9-8-19-16-7-6-14(11-17(16)21(23)24)18(22)20-15-5-3-4-13(10-15)12-26-2/h3-7,10-11,19H,8-9,12H2,1-2H3,(H,20,22). The maximum atomic E-state index is 12.4. The molecule has 0 aliphatic heterocycles. The molecule has 26 heavy (non-hydrogen) atoms. The summed E-state index contributed by atoms with van der Waals surface area (Å²) in [6.45, 7) is 1.27. The molecule has 0 spiro atoms. The zero-order valence-corrected chi connectivity index (χ0v) is 14.7. The van der Waals surface area contributed by atoms with Crippen LogP contribution < -0.4 is 10.6 Å². The number of nitrogens with zero attached hydrogens (tertiary/aromatic N) is 1. The van der Waals surface area contributed by atoms with Crippen molar-refractivity contribution in [3.05, 3.63) is 63.7 Å². The summed E-state index contributed by atoms with van der Waals surface area (Å²) >= 11 is 0. The van der Waals surface area contributed by atoms with Crippen molar-refractivity contribution in [2.45, 2.75) is 6.61 Å². The Morgan fingerprint density at radius 3 is 2.65 bits per heavy atom. The van der Waals surface area contributed by atoms with Crippen molar-refractivity contribution in [2.75, 3.05) is 38.0 Å². The molecule has 0 bridgehead atoms. The van der Waals surface area contributed by atoms with E-state index in [0.29, 0.717) is 31.1 Å². The third-order valence-electron chi connectivity index (χ3n) is 3.57.